The Morgan fingerprint density at radius 1 is 1.38 bits per heavy atom. The minimum absolute atomic E-state index is 0.152. The summed E-state index contributed by atoms with van der Waals surface area (Å²) in [6, 6.07) is 9.13. The third-order valence-electron chi connectivity index (χ3n) is 3.33. The summed E-state index contributed by atoms with van der Waals surface area (Å²) in [7, 11) is 0. The van der Waals surface area contributed by atoms with Crippen molar-refractivity contribution in [2.45, 2.75) is 39.3 Å². The van der Waals surface area contributed by atoms with Gasteiger partial charge in [-0.15, -0.1) is 0 Å². The predicted molar refractivity (Wildman–Crippen MR) is 99.6 cm³/mol. The van der Waals surface area contributed by atoms with Crippen LogP contribution in [0.3, 0.4) is 0 Å². The van der Waals surface area contributed by atoms with Crippen LogP contribution in [-0.2, 0) is 0 Å². The molecule has 1 heterocycles. The lowest BCUT2D eigenvalue weighted by Crippen LogP contribution is -2.26. The van der Waals surface area contributed by atoms with Crippen molar-refractivity contribution in [2.75, 3.05) is 6.54 Å². The SMILES string of the molecule is CCCNC(c1cccc(I)c1)c1c(Br)cnn1C(C)C. The average Bonchev–Trinajstić information content (AvgIpc) is 2.82. The number of nitrogens with zero attached hydrogens (tertiary/aromatic N) is 2. The largest absolute Gasteiger partial charge is 0.305 e. The topological polar surface area (TPSA) is 29.9 Å². The number of hydrogen-bond acceptors (Lipinski definition) is 2. The van der Waals surface area contributed by atoms with Crippen LogP contribution in [0.4, 0.5) is 0 Å². The van der Waals surface area contributed by atoms with Gasteiger partial charge in [0.25, 0.3) is 0 Å². The lowest BCUT2D eigenvalue weighted by molar-refractivity contribution is 0.470. The molecule has 2 aromatic rings. The molecule has 1 atom stereocenters. The molecule has 0 saturated heterocycles. The smallest absolute Gasteiger partial charge is 0.0760 e. The molecule has 0 fully saturated rings. The number of aromatic nitrogens is 2. The summed E-state index contributed by atoms with van der Waals surface area (Å²) in [5.41, 5.74) is 2.47. The van der Waals surface area contributed by atoms with Crippen molar-refractivity contribution < 1.29 is 0 Å². The highest BCUT2D eigenvalue weighted by Crippen LogP contribution is 2.31. The Bertz CT molecular complexity index is 595. The fourth-order valence-corrected chi connectivity index (χ4v) is 3.45. The Morgan fingerprint density at radius 2 is 2.14 bits per heavy atom. The van der Waals surface area contributed by atoms with E-state index in [1.54, 1.807) is 0 Å². The van der Waals surface area contributed by atoms with Crippen LogP contribution < -0.4 is 5.32 Å². The monoisotopic (exact) mass is 461 g/mol. The first-order valence-electron chi connectivity index (χ1n) is 7.26. The maximum Gasteiger partial charge on any atom is 0.0760 e. The normalized spacial score (nSPS) is 12.9. The third-order valence-corrected chi connectivity index (χ3v) is 4.61. The van der Waals surface area contributed by atoms with Crippen molar-refractivity contribution >= 4 is 38.5 Å². The Morgan fingerprint density at radius 3 is 2.76 bits per heavy atom. The zero-order valence-electron chi connectivity index (χ0n) is 12.6. The molecule has 1 aromatic carbocycles. The minimum Gasteiger partial charge on any atom is -0.305 e. The van der Waals surface area contributed by atoms with Gasteiger partial charge in [-0.3, -0.25) is 4.68 Å². The van der Waals surface area contributed by atoms with E-state index in [9.17, 15) is 0 Å². The molecule has 3 nitrogen and oxygen atoms in total. The lowest BCUT2D eigenvalue weighted by atomic mass is 10.0. The Labute approximate surface area is 148 Å². The zero-order valence-corrected chi connectivity index (χ0v) is 16.3. The molecule has 0 aliphatic heterocycles. The molecule has 0 amide bonds. The van der Waals surface area contributed by atoms with E-state index in [1.807, 2.05) is 6.20 Å². The second kappa shape index (κ2) is 7.74. The molecule has 21 heavy (non-hydrogen) atoms. The van der Waals surface area contributed by atoms with E-state index in [0.717, 1.165) is 17.4 Å². The molecule has 5 heteroatoms. The summed E-state index contributed by atoms with van der Waals surface area (Å²) in [6.07, 6.45) is 3.00. The molecule has 0 radical (unpaired) electrons. The van der Waals surface area contributed by atoms with E-state index in [1.165, 1.54) is 14.8 Å². The van der Waals surface area contributed by atoms with Gasteiger partial charge in [0.1, 0.15) is 0 Å². The van der Waals surface area contributed by atoms with Crippen molar-refractivity contribution in [3.05, 3.63) is 49.8 Å². The number of nitrogens with one attached hydrogen (secondary N) is 1. The highest BCUT2D eigenvalue weighted by Gasteiger charge is 2.22. The molecule has 0 aliphatic carbocycles. The predicted octanol–water partition coefficient (Wildman–Crippen LogP) is 4.92. The van der Waals surface area contributed by atoms with E-state index >= 15 is 0 Å². The van der Waals surface area contributed by atoms with Gasteiger partial charge in [0.05, 0.1) is 22.4 Å². The van der Waals surface area contributed by atoms with Crippen LogP contribution in [0.15, 0.2) is 34.9 Å². The first kappa shape index (κ1) is 17.0. The summed E-state index contributed by atoms with van der Waals surface area (Å²) >= 11 is 6.03. The molecule has 0 aliphatic rings. The molecular formula is C16H21BrIN3. The fourth-order valence-electron chi connectivity index (χ4n) is 2.38. The molecule has 0 saturated carbocycles. The van der Waals surface area contributed by atoms with Crippen LogP contribution in [-0.4, -0.2) is 16.3 Å². The highest BCUT2D eigenvalue weighted by atomic mass is 127. The quantitative estimate of drug-likeness (QED) is 0.618. The second-order valence-electron chi connectivity index (χ2n) is 5.36. The van der Waals surface area contributed by atoms with Gasteiger partial charge in [0, 0.05) is 9.61 Å². The van der Waals surface area contributed by atoms with Gasteiger partial charge in [0.2, 0.25) is 0 Å². The first-order chi connectivity index (χ1) is 10.0. The van der Waals surface area contributed by atoms with Crippen molar-refractivity contribution in [1.29, 1.82) is 0 Å². The number of rotatable bonds is 6. The van der Waals surface area contributed by atoms with Crippen molar-refractivity contribution in [2.24, 2.45) is 0 Å². The molecule has 1 aromatic heterocycles. The van der Waals surface area contributed by atoms with Crippen molar-refractivity contribution in [1.82, 2.24) is 15.1 Å². The lowest BCUT2D eigenvalue weighted by Gasteiger charge is -2.23. The van der Waals surface area contributed by atoms with Gasteiger partial charge in [-0.1, -0.05) is 19.1 Å². The maximum atomic E-state index is 4.52. The van der Waals surface area contributed by atoms with Crippen LogP contribution in [0.1, 0.15) is 50.5 Å². The zero-order chi connectivity index (χ0) is 15.4. The van der Waals surface area contributed by atoms with Crippen LogP contribution in [0, 0.1) is 3.57 Å². The van der Waals surface area contributed by atoms with Gasteiger partial charge < -0.3 is 5.32 Å². The molecule has 1 unspecified atom stereocenters. The fraction of sp³-hybridized carbons (Fsp3) is 0.438. The van der Waals surface area contributed by atoms with Gasteiger partial charge in [-0.05, 0) is 83.0 Å². The van der Waals surface area contributed by atoms with E-state index in [-0.39, 0.29) is 6.04 Å². The third kappa shape index (κ3) is 4.07. The number of hydrogen-bond donors (Lipinski definition) is 1. The molecule has 114 valence electrons. The van der Waals surface area contributed by atoms with E-state index in [0.29, 0.717) is 6.04 Å². The van der Waals surface area contributed by atoms with Crippen LogP contribution in [0.2, 0.25) is 0 Å². The van der Waals surface area contributed by atoms with Gasteiger partial charge in [-0.2, -0.15) is 5.10 Å². The van der Waals surface area contributed by atoms with E-state index < -0.39 is 0 Å². The Hall–Kier alpha value is -0.400. The molecule has 1 N–H and O–H groups in total. The van der Waals surface area contributed by atoms with Crippen LogP contribution >= 0.6 is 38.5 Å². The summed E-state index contributed by atoms with van der Waals surface area (Å²) in [5.74, 6) is 0. The van der Waals surface area contributed by atoms with Gasteiger partial charge >= 0.3 is 0 Å². The molecular weight excluding hydrogens is 441 g/mol. The summed E-state index contributed by atoms with van der Waals surface area (Å²) in [5, 5.41) is 8.18. The molecule has 0 bridgehead atoms. The Kier molecular flexibility index (Phi) is 6.25. The number of benzene rings is 1. The molecule has 0 spiro atoms. The maximum absolute atomic E-state index is 4.52. The van der Waals surface area contributed by atoms with E-state index in [2.05, 4.69) is 98.7 Å². The minimum atomic E-state index is 0.152. The second-order valence-corrected chi connectivity index (χ2v) is 7.46. The standard InChI is InChI=1S/C16H21BrIN3/c1-4-8-19-15(12-6-5-7-13(18)9-12)16-14(17)10-20-21(16)11(2)3/h5-7,9-11,15,19H,4,8H2,1-3H3. The summed E-state index contributed by atoms with van der Waals surface area (Å²) in [6.45, 7) is 7.49. The summed E-state index contributed by atoms with van der Waals surface area (Å²) in [4.78, 5) is 0. The van der Waals surface area contributed by atoms with Gasteiger partial charge in [-0.25, -0.2) is 0 Å². The first-order valence-corrected chi connectivity index (χ1v) is 9.13. The van der Waals surface area contributed by atoms with Gasteiger partial charge in [0.15, 0.2) is 0 Å². The molecule has 2 rings (SSSR count). The van der Waals surface area contributed by atoms with Crippen LogP contribution in [0.25, 0.3) is 0 Å². The highest BCUT2D eigenvalue weighted by molar-refractivity contribution is 14.1. The summed E-state index contributed by atoms with van der Waals surface area (Å²) < 4.78 is 4.40. The van der Waals surface area contributed by atoms with Crippen LogP contribution in [0.5, 0.6) is 0 Å². The average molecular weight is 462 g/mol. The number of halogens is 2. The Balaban J connectivity index is 2.48. The van der Waals surface area contributed by atoms with Crippen molar-refractivity contribution in [3.8, 4) is 0 Å². The van der Waals surface area contributed by atoms with E-state index in [4.69, 9.17) is 0 Å². The van der Waals surface area contributed by atoms with Crippen molar-refractivity contribution in [3.63, 3.8) is 0 Å².